The quantitative estimate of drug-likeness (QED) is 0.241. The average molecular weight is 776 g/mol. The molecule has 0 N–H and O–H groups in total. The first kappa shape index (κ1) is 34.0. The summed E-state index contributed by atoms with van der Waals surface area (Å²) in [6.45, 7) is 23.9. The summed E-state index contributed by atoms with van der Waals surface area (Å²) in [5.74, 6) is 0. The molecular formula is C36H52O2Si5Sn. The molecule has 2 nitrogen and oxygen atoms in total. The van der Waals surface area contributed by atoms with Crippen molar-refractivity contribution in [3.05, 3.63) is 97.1 Å². The third kappa shape index (κ3) is 6.58. The van der Waals surface area contributed by atoms with Crippen molar-refractivity contribution >= 4 is 98.0 Å². The Hall–Kier alpha value is -1.32. The third-order valence-corrected chi connectivity index (χ3v) is 39.0. The Morgan fingerprint density at radius 3 is 0.795 bits per heavy atom. The van der Waals surface area contributed by atoms with Crippen molar-refractivity contribution in [2.45, 2.75) is 75.3 Å². The van der Waals surface area contributed by atoms with E-state index in [0.29, 0.717) is 0 Å². The van der Waals surface area contributed by atoms with Gasteiger partial charge in [0.25, 0.3) is 0 Å². The minimum atomic E-state index is -2.76. The number of rotatable bonds is 0. The van der Waals surface area contributed by atoms with Crippen LogP contribution >= 0.6 is 0 Å². The normalized spacial score (nSPS) is 21.2. The van der Waals surface area contributed by atoms with Crippen LogP contribution in [0.1, 0.15) is 0 Å². The zero-order valence-corrected chi connectivity index (χ0v) is 36.9. The van der Waals surface area contributed by atoms with E-state index in [1.165, 1.54) is 31.1 Å². The zero-order chi connectivity index (χ0) is 32.3. The van der Waals surface area contributed by atoms with Gasteiger partial charge in [-0.25, -0.2) is 0 Å². The SMILES string of the molecule is C[Si]1(C)O[Si](C)(C)c2cc[c](cc2)[Sn]([CH3])([CH3])[c]2ccc(cc2)[Si](C)(C)O[Si](C)(C)c2ccc(cc2)[Si](C)(C)c2ccc1cc2. The van der Waals surface area contributed by atoms with Crippen LogP contribution in [-0.4, -0.2) is 59.7 Å². The molecule has 4 aromatic rings. The van der Waals surface area contributed by atoms with Gasteiger partial charge in [0.05, 0.1) is 0 Å². The average Bonchev–Trinajstić information content (AvgIpc) is 2.96. The molecule has 0 fully saturated rings. The van der Waals surface area contributed by atoms with E-state index in [0.717, 1.165) is 0 Å². The zero-order valence-electron chi connectivity index (χ0n) is 29.1. The fourth-order valence-electron chi connectivity index (χ4n) is 7.00. The number of benzene rings is 4. The topological polar surface area (TPSA) is 18.5 Å². The van der Waals surface area contributed by atoms with E-state index in [9.17, 15) is 0 Å². The van der Waals surface area contributed by atoms with Crippen molar-refractivity contribution in [2.24, 2.45) is 0 Å². The summed E-state index contributed by atoms with van der Waals surface area (Å²) in [6.07, 6.45) is 0. The van der Waals surface area contributed by atoms with Gasteiger partial charge in [0, 0.05) is 0 Å². The van der Waals surface area contributed by atoms with Crippen molar-refractivity contribution in [2.75, 3.05) is 0 Å². The van der Waals surface area contributed by atoms with Crippen LogP contribution in [0.4, 0.5) is 0 Å². The predicted octanol–water partition coefficient (Wildman–Crippen LogP) is 4.73. The molecule has 8 bridgehead atoms. The molecule has 0 spiro atoms. The molecule has 7 aliphatic heterocycles. The van der Waals surface area contributed by atoms with Gasteiger partial charge < -0.3 is 0 Å². The summed E-state index contributed by atoms with van der Waals surface area (Å²) in [5, 5.41) is 8.48. The summed E-state index contributed by atoms with van der Waals surface area (Å²) >= 11 is -2.76. The summed E-state index contributed by atoms with van der Waals surface area (Å²) in [4.78, 5) is 5.09. The molecule has 0 aromatic heterocycles. The van der Waals surface area contributed by atoms with Gasteiger partial charge in [-0.05, 0) is 0 Å². The second-order valence-electron chi connectivity index (χ2n) is 15.8. The molecule has 4 aromatic carbocycles. The van der Waals surface area contributed by atoms with Crippen LogP contribution in [-0.2, 0) is 8.23 Å². The van der Waals surface area contributed by atoms with Gasteiger partial charge in [0.15, 0.2) is 0 Å². The van der Waals surface area contributed by atoms with Gasteiger partial charge in [0.2, 0.25) is 0 Å². The Bertz CT molecular complexity index is 1380. The molecule has 0 saturated carbocycles. The maximum atomic E-state index is 7.20. The standard InChI is InChI=1S/C34H46O2Si5.2CH3.Sn/c1-37(2,29-21-25-33(26-22-29)40(7,8)35-38(3,4)31-17-13-11-14-18-31)30-23-27-34(28-24-30)41(9,10)36-39(5,6)32-19-15-12-16-20-32;;;/h13-28H,1-10H3;2*1H3;. The van der Waals surface area contributed by atoms with E-state index in [1.54, 1.807) is 7.16 Å². The third-order valence-electron chi connectivity index (χ3n) is 10.2. The van der Waals surface area contributed by atoms with Crippen molar-refractivity contribution in [3.8, 4) is 0 Å². The first-order chi connectivity index (χ1) is 20.3. The fraction of sp³-hybridized carbons (Fsp3) is 0.333. The molecule has 0 saturated heterocycles. The maximum absolute atomic E-state index is 7.20. The van der Waals surface area contributed by atoms with E-state index in [1.807, 2.05) is 0 Å². The number of hydrogen-bond acceptors (Lipinski definition) is 2. The first-order valence-corrected chi connectivity index (χ1v) is 39.3. The van der Waals surface area contributed by atoms with Gasteiger partial charge >= 0.3 is 266 Å². The van der Waals surface area contributed by atoms with Crippen LogP contribution < -0.4 is 38.3 Å². The van der Waals surface area contributed by atoms with Crippen LogP contribution in [0.3, 0.4) is 0 Å². The van der Waals surface area contributed by atoms with Gasteiger partial charge in [-0.3, -0.25) is 0 Å². The number of hydrogen-bond donors (Lipinski definition) is 0. The van der Waals surface area contributed by atoms with E-state index < -0.39 is 59.7 Å². The van der Waals surface area contributed by atoms with E-state index in [-0.39, 0.29) is 0 Å². The van der Waals surface area contributed by atoms with Crippen LogP contribution in [0, 0.1) is 0 Å². The Balaban J connectivity index is 1.62. The van der Waals surface area contributed by atoms with Gasteiger partial charge in [-0.1, -0.05) is 13.1 Å². The molecule has 0 unspecified atom stereocenters. The summed E-state index contributed by atoms with van der Waals surface area (Å²) in [7, 11) is -10.3. The molecule has 8 heteroatoms. The molecule has 232 valence electrons. The Morgan fingerprint density at radius 1 is 0.341 bits per heavy atom. The van der Waals surface area contributed by atoms with Crippen LogP contribution in [0.2, 0.25) is 75.3 Å². The molecule has 11 rings (SSSR count). The second-order valence-corrected chi connectivity index (χ2v) is 48.8. The first-order valence-electron chi connectivity index (χ1n) is 16.1. The predicted molar refractivity (Wildman–Crippen MR) is 210 cm³/mol. The molecular weight excluding hydrogens is 724 g/mol. The Labute approximate surface area is 276 Å². The molecule has 7 heterocycles. The molecule has 0 radical (unpaired) electrons. The van der Waals surface area contributed by atoms with E-state index in [2.05, 4.69) is 172 Å². The second kappa shape index (κ2) is 11.7. The van der Waals surface area contributed by atoms with Crippen LogP contribution in [0.5, 0.6) is 0 Å². The van der Waals surface area contributed by atoms with Gasteiger partial charge in [-0.2, -0.15) is 0 Å². The minimum absolute atomic E-state index is 1.38. The van der Waals surface area contributed by atoms with Crippen molar-refractivity contribution < 1.29 is 8.23 Å². The molecule has 0 amide bonds. The molecule has 0 atom stereocenters. The molecule has 44 heavy (non-hydrogen) atoms. The van der Waals surface area contributed by atoms with Gasteiger partial charge in [-0.15, -0.1) is 0 Å². The molecule has 7 aliphatic rings. The summed E-state index contributed by atoms with van der Waals surface area (Å²) in [5.41, 5.74) is 0. The van der Waals surface area contributed by atoms with Crippen molar-refractivity contribution in [1.29, 1.82) is 0 Å². The van der Waals surface area contributed by atoms with Crippen molar-refractivity contribution in [3.63, 3.8) is 0 Å². The van der Waals surface area contributed by atoms with E-state index >= 15 is 0 Å². The van der Waals surface area contributed by atoms with Crippen LogP contribution in [0.25, 0.3) is 0 Å². The Morgan fingerprint density at radius 2 is 0.545 bits per heavy atom. The van der Waals surface area contributed by atoms with E-state index in [4.69, 9.17) is 8.23 Å². The van der Waals surface area contributed by atoms with Crippen molar-refractivity contribution in [1.82, 2.24) is 0 Å². The summed E-state index contributed by atoms with van der Waals surface area (Å²) < 4.78 is 17.5. The summed E-state index contributed by atoms with van der Waals surface area (Å²) in [6, 6.07) is 38.3. The van der Waals surface area contributed by atoms with Gasteiger partial charge in [0.1, 0.15) is 0 Å². The Kier molecular flexibility index (Phi) is 9.07. The monoisotopic (exact) mass is 776 g/mol. The fourth-order valence-corrected chi connectivity index (χ4v) is 32.0. The van der Waals surface area contributed by atoms with Crippen LogP contribution in [0.15, 0.2) is 97.1 Å². The molecule has 0 aliphatic carbocycles.